The van der Waals surface area contributed by atoms with Crippen molar-refractivity contribution in [2.24, 2.45) is 11.8 Å². The van der Waals surface area contributed by atoms with E-state index in [4.69, 9.17) is 5.11 Å². The van der Waals surface area contributed by atoms with Gasteiger partial charge in [-0.2, -0.15) is 0 Å². The molecular weight excluding hydrogens is 290 g/mol. The minimum absolute atomic E-state index is 0.0112. The Morgan fingerprint density at radius 1 is 1.33 bits per heavy atom. The third kappa shape index (κ3) is 3.83. The quantitative estimate of drug-likeness (QED) is 0.861. The van der Waals surface area contributed by atoms with Crippen LogP contribution in [0.3, 0.4) is 0 Å². The first kappa shape index (κ1) is 16.0. The number of sulfonamides is 1. The van der Waals surface area contributed by atoms with E-state index in [1.165, 1.54) is 29.4 Å². The zero-order valence-electron chi connectivity index (χ0n) is 12.3. The Morgan fingerprint density at radius 2 is 1.86 bits per heavy atom. The van der Waals surface area contributed by atoms with Crippen LogP contribution in [-0.4, -0.2) is 43.1 Å². The van der Waals surface area contributed by atoms with E-state index >= 15 is 0 Å². The summed E-state index contributed by atoms with van der Waals surface area (Å²) in [5.41, 5.74) is 2.44. The monoisotopic (exact) mass is 311 g/mol. The number of carboxylic acids is 1. The second-order valence-electron chi connectivity index (χ2n) is 5.84. The van der Waals surface area contributed by atoms with Crippen molar-refractivity contribution < 1.29 is 18.3 Å². The number of hydrogen-bond acceptors (Lipinski definition) is 3. The molecule has 0 spiro atoms. The van der Waals surface area contributed by atoms with Crippen LogP contribution in [0, 0.1) is 11.8 Å². The maximum absolute atomic E-state index is 12.3. The van der Waals surface area contributed by atoms with Crippen LogP contribution in [0.1, 0.15) is 18.1 Å². The van der Waals surface area contributed by atoms with Gasteiger partial charge < -0.3 is 5.11 Å². The molecule has 1 unspecified atom stereocenters. The van der Waals surface area contributed by atoms with Crippen LogP contribution in [0.5, 0.6) is 0 Å². The average molecular weight is 311 g/mol. The van der Waals surface area contributed by atoms with Crippen LogP contribution in [0.2, 0.25) is 0 Å². The molecule has 1 atom stereocenters. The fourth-order valence-corrected chi connectivity index (χ4v) is 4.31. The molecule has 1 aromatic carbocycles. The van der Waals surface area contributed by atoms with Gasteiger partial charge in [-0.05, 0) is 29.9 Å². The summed E-state index contributed by atoms with van der Waals surface area (Å²) in [6, 6.07) is 8.02. The number of carbonyl (C=O) groups is 1. The number of nitrogens with zero attached hydrogens (tertiary/aromatic N) is 1. The van der Waals surface area contributed by atoms with Crippen LogP contribution in [0.15, 0.2) is 24.3 Å². The van der Waals surface area contributed by atoms with E-state index in [0.29, 0.717) is 0 Å². The van der Waals surface area contributed by atoms with Crippen molar-refractivity contribution in [2.75, 3.05) is 19.3 Å². The van der Waals surface area contributed by atoms with Gasteiger partial charge in [-0.1, -0.05) is 31.2 Å². The van der Waals surface area contributed by atoms with Crippen molar-refractivity contribution in [1.29, 1.82) is 0 Å². The lowest BCUT2D eigenvalue weighted by atomic mass is 10.1. The number of rotatable bonds is 6. The van der Waals surface area contributed by atoms with E-state index in [9.17, 15) is 13.2 Å². The number of benzene rings is 1. The number of carboxylic acid groups (broad SMARTS) is 1. The standard InChI is InChI=1S/C15H21NO4S/c1-11(15(17)18)9-16(2)21(19,20)10-12-7-13-5-3-4-6-14(13)8-12/h3-6,11-12H,7-10H2,1-2H3,(H,17,18). The van der Waals surface area contributed by atoms with E-state index in [1.54, 1.807) is 0 Å². The fraction of sp³-hybridized carbons (Fsp3) is 0.533. The van der Waals surface area contributed by atoms with E-state index in [2.05, 4.69) is 0 Å². The summed E-state index contributed by atoms with van der Waals surface area (Å²) in [6.45, 7) is 1.52. The predicted molar refractivity (Wildman–Crippen MR) is 80.6 cm³/mol. The van der Waals surface area contributed by atoms with Gasteiger partial charge in [-0.25, -0.2) is 12.7 Å². The summed E-state index contributed by atoms with van der Waals surface area (Å²) >= 11 is 0. The third-order valence-electron chi connectivity index (χ3n) is 4.01. The topological polar surface area (TPSA) is 74.7 Å². The Labute approximate surface area is 125 Å². The molecule has 1 N–H and O–H groups in total. The first-order valence-electron chi connectivity index (χ1n) is 7.03. The summed E-state index contributed by atoms with van der Waals surface area (Å²) in [4.78, 5) is 10.8. The highest BCUT2D eigenvalue weighted by atomic mass is 32.2. The molecule has 6 heteroatoms. The molecule has 0 aliphatic heterocycles. The lowest BCUT2D eigenvalue weighted by molar-refractivity contribution is -0.141. The fourth-order valence-electron chi connectivity index (χ4n) is 2.77. The Morgan fingerprint density at radius 3 is 2.33 bits per heavy atom. The third-order valence-corrected chi connectivity index (χ3v) is 6.00. The molecule has 21 heavy (non-hydrogen) atoms. The Hall–Kier alpha value is -1.40. The molecular formula is C15H21NO4S. The zero-order chi connectivity index (χ0) is 15.6. The van der Waals surface area contributed by atoms with Crippen LogP contribution in [-0.2, 0) is 27.7 Å². The molecule has 0 radical (unpaired) electrons. The molecule has 1 aliphatic rings. The van der Waals surface area contributed by atoms with Gasteiger partial charge in [0.1, 0.15) is 0 Å². The summed E-state index contributed by atoms with van der Waals surface area (Å²) < 4.78 is 25.8. The number of aliphatic carboxylic acids is 1. The highest BCUT2D eigenvalue weighted by molar-refractivity contribution is 7.89. The summed E-state index contributed by atoms with van der Waals surface area (Å²) in [5, 5.41) is 8.88. The smallest absolute Gasteiger partial charge is 0.307 e. The van der Waals surface area contributed by atoms with E-state index in [-0.39, 0.29) is 18.2 Å². The lowest BCUT2D eigenvalue weighted by Crippen LogP contribution is -2.37. The van der Waals surface area contributed by atoms with Gasteiger partial charge >= 0.3 is 5.97 Å². The van der Waals surface area contributed by atoms with Crippen LogP contribution >= 0.6 is 0 Å². The van der Waals surface area contributed by atoms with E-state index in [1.807, 2.05) is 24.3 Å². The molecule has 0 fully saturated rings. The molecule has 0 saturated carbocycles. The van der Waals surface area contributed by atoms with Gasteiger partial charge in [-0.15, -0.1) is 0 Å². The van der Waals surface area contributed by atoms with Crippen LogP contribution in [0.25, 0.3) is 0 Å². The first-order valence-corrected chi connectivity index (χ1v) is 8.64. The first-order chi connectivity index (χ1) is 9.79. The van der Waals surface area contributed by atoms with Crippen molar-refractivity contribution in [3.8, 4) is 0 Å². The van der Waals surface area contributed by atoms with Crippen molar-refractivity contribution in [1.82, 2.24) is 4.31 Å². The molecule has 1 aliphatic carbocycles. The van der Waals surface area contributed by atoms with Gasteiger partial charge in [-0.3, -0.25) is 4.79 Å². The average Bonchev–Trinajstić information content (AvgIpc) is 2.79. The predicted octanol–water partition coefficient (Wildman–Crippen LogP) is 1.38. The maximum atomic E-state index is 12.3. The maximum Gasteiger partial charge on any atom is 0.307 e. The van der Waals surface area contributed by atoms with Gasteiger partial charge in [0, 0.05) is 13.6 Å². The molecule has 0 aromatic heterocycles. The molecule has 5 nitrogen and oxygen atoms in total. The minimum Gasteiger partial charge on any atom is -0.481 e. The second kappa shape index (κ2) is 6.15. The molecule has 0 amide bonds. The summed E-state index contributed by atoms with van der Waals surface area (Å²) in [6.07, 6.45) is 1.55. The normalized spacial score (nSPS) is 16.9. The van der Waals surface area contributed by atoms with Gasteiger partial charge in [0.05, 0.1) is 11.7 Å². The van der Waals surface area contributed by atoms with Crippen LogP contribution in [0.4, 0.5) is 0 Å². The molecule has 0 saturated heterocycles. The Kier molecular flexibility index (Phi) is 4.68. The summed E-state index contributed by atoms with van der Waals surface area (Å²) in [7, 11) is -1.96. The highest BCUT2D eigenvalue weighted by Crippen LogP contribution is 2.28. The number of fused-ring (bicyclic) bond motifs is 1. The minimum atomic E-state index is -3.42. The molecule has 2 rings (SSSR count). The lowest BCUT2D eigenvalue weighted by Gasteiger charge is -2.21. The second-order valence-corrected chi connectivity index (χ2v) is 7.96. The van der Waals surface area contributed by atoms with Crippen molar-refractivity contribution in [3.05, 3.63) is 35.4 Å². The Balaban J connectivity index is 1.98. The van der Waals surface area contributed by atoms with Crippen molar-refractivity contribution >= 4 is 16.0 Å². The largest absolute Gasteiger partial charge is 0.481 e. The van der Waals surface area contributed by atoms with E-state index < -0.39 is 21.9 Å². The van der Waals surface area contributed by atoms with Crippen LogP contribution < -0.4 is 0 Å². The molecule has 0 bridgehead atoms. The SMILES string of the molecule is CC(CN(C)S(=O)(=O)CC1Cc2ccccc2C1)C(=O)O. The van der Waals surface area contributed by atoms with E-state index in [0.717, 1.165) is 12.8 Å². The van der Waals surface area contributed by atoms with Gasteiger partial charge in [0.15, 0.2) is 0 Å². The summed E-state index contributed by atoms with van der Waals surface area (Å²) in [5.74, 6) is -1.53. The van der Waals surface area contributed by atoms with Crippen molar-refractivity contribution in [2.45, 2.75) is 19.8 Å². The number of hydrogen-bond donors (Lipinski definition) is 1. The Bertz CT molecular complexity index is 601. The zero-order valence-corrected chi connectivity index (χ0v) is 13.1. The molecule has 0 heterocycles. The molecule has 116 valence electrons. The molecule has 1 aromatic rings. The van der Waals surface area contributed by atoms with Gasteiger partial charge in [0.25, 0.3) is 0 Å². The van der Waals surface area contributed by atoms with Crippen molar-refractivity contribution in [3.63, 3.8) is 0 Å². The highest BCUT2D eigenvalue weighted by Gasteiger charge is 2.29. The van der Waals surface area contributed by atoms with Gasteiger partial charge in [0.2, 0.25) is 10.0 Å².